The summed E-state index contributed by atoms with van der Waals surface area (Å²) in [6.07, 6.45) is 7.82. The highest BCUT2D eigenvalue weighted by Gasteiger charge is 2.38. The number of piperidine rings is 2. The van der Waals surface area contributed by atoms with E-state index in [-0.39, 0.29) is 30.2 Å². The van der Waals surface area contributed by atoms with Gasteiger partial charge in [-0.15, -0.1) is 0 Å². The second-order valence-electron chi connectivity index (χ2n) is 19.6. The first-order valence-corrected chi connectivity index (χ1v) is 27.9. The smallest absolute Gasteiger partial charge is 0.234 e. The molecule has 0 aliphatic carbocycles. The van der Waals surface area contributed by atoms with E-state index in [1.807, 2.05) is 21.9 Å². The van der Waals surface area contributed by atoms with Crippen molar-refractivity contribution in [2.75, 3.05) is 92.2 Å². The van der Waals surface area contributed by atoms with Crippen LogP contribution in [0.3, 0.4) is 0 Å². The van der Waals surface area contributed by atoms with E-state index >= 15 is 8.78 Å². The van der Waals surface area contributed by atoms with E-state index < -0.39 is 42.3 Å². The quantitative estimate of drug-likeness (QED) is 0.0806. The van der Waals surface area contributed by atoms with Crippen molar-refractivity contribution >= 4 is 91.5 Å². The summed E-state index contributed by atoms with van der Waals surface area (Å²) >= 11 is 3.61. The topological polar surface area (TPSA) is 165 Å². The van der Waals surface area contributed by atoms with Crippen LogP contribution in [-0.2, 0) is 25.4 Å². The number of piperazine rings is 1. The highest BCUT2D eigenvalue weighted by molar-refractivity contribution is 9.10. The zero-order valence-electron chi connectivity index (χ0n) is 40.7. The van der Waals surface area contributed by atoms with E-state index in [0.717, 1.165) is 69.5 Å². The Balaban J connectivity index is 0.752. The van der Waals surface area contributed by atoms with Gasteiger partial charge in [-0.1, -0.05) is 6.92 Å². The lowest BCUT2D eigenvalue weighted by molar-refractivity contribution is -0.137. The van der Waals surface area contributed by atoms with Gasteiger partial charge in [0.2, 0.25) is 23.7 Å². The molecular weight excluding hydrogens is 1010 g/mol. The van der Waals surface area contributed by atoms with E-state index in [1.54, 1.807) is 20.2 Å². The van der Waals surface area contributed by atoms with Crippen LogP contribution in [0.15, 0.2) is 53.1 Å². The maximum absolute atomic E-state index is 15.3. The molecule has 5 saturated heterocycles. The number of anilines is 6. The molecule has 5 aliphatic heterocycles. The summed E-state index contributed by atoms with van der Waals surface area (Å²) in [5.74, 6) is -3.10. The van der Waals surface area contributed by atoms with Gasteiger partial charge in [0.25, 0.3) is 0 Å². The largest absolute Gasteiger partial charge is 0.494 e. The number of fused-ring (bicyclic) bond motifs is 1. The minimum absolute atomic E-state index is 0.0218. The van der Waals surface area contributed by atoms with Crippen LogP contribution < -0.4 is 35.8 Å². The van der Waals surface area contributed by atoms with Crippen LogP contribution in [0, 0.1) is 30.3 Å². The van der Waals surface area contributed by atoms with Crippen LogP contribution in [0.2, 0.25) is 0 Å². The highest BCUT2D eigenvalue weighted by atomic mass is 79.9. The number of rotatable bonds is 12. The zero-order chi connectivity index (χ0) is 50.4. The second kappa shape index (κ2) is 20.6. The number of methoxy groups -OCH3 is 1. The first-order valence-electron chi connectivity index (χ1n) is 25.0. The predicted molar refractivity (Wildman–Crippen MR) is 277 cm³/mol. The number of aromatic nitrogens is 3. The zero-order valence-corrected chi connectivity index (χ0v) is 43.2. The number of ether oxygens (including phenoxy) is 1. The molecule has 5 aromatic rings. The molecule has 20 heteroatoms. The number of pyridine rings is 1. The molecule has 380 valence electrons. The van der Waals surface area contributed by atoms with E-state index in [2.05, 4.69) is 70.7 Å². The van der Waals surface area contributed by atoms with Crippen LogP contribution in [0.1, 0.15) is 74.6 Å². The van der Waals surface area contributed by atoms with Crippen molar-refractivity contribution in [1.82, 2.24) is 30.1 Å². The summed E-state index contributed by atoms with van der Waals surface area (Å²) in [6.45, 7) is 9.11. The van der Waals surface area contributed by atoms with Crippen LogP contribution in [-0.4, -0.2) is 120 Å². The molecule has 2 atom stereocenters. The van der Waals surface area contributed by atoms with Crippen molar-refractivity contribution in [2.45, 2.75) is 77.2 Å². The Morgan fingerprint density at radius 2 is 1.60 bits per heavy atom. The number of carbonyl (C=O) groups is 3. The average Bonchev–Trinajstić information content (AvgIpc) is 4.06. The molecule has 1 unspecified atom stereocenters. The fourth-order valence-corrected chi connectivity index (χ4v) is 15.0. The van der Waals surface area contributed by atoms with Crippen molar-refractivity contribution < 1.29 is 36.9 Å². The number of carbonyl (C=O) groups excluding carboxylic acids is 3. The minimum Gasteiger partial charge on any atom is -0.494 e. The Morgan fingerprint density at radius 1 is 0.875 bits per heavy atom. The SMILES string of the molecule is CCc1cc(Nc2ncc(Br)c(Nc3ccc4nc(C)c(F)cc4c3P3(=O)CCCC3)n2)c(OC)cc1N1CCC(N2CCN(C(=O)[C@@H]3CCN(c4cc(F)c(C5CCC(=O)NC5=O)c(F)c4)C3)CC2)CC1. The molecule has 3 N–H and O–H groups in total. The summed E-state index contributed by atoms with van der Waals surface area (Å²) < 4.78 is 66.6. The van der Waals surface area contributed by atoms with Gasteiger partial charge in [0.15, 0.2) is 0 Å². The summed E-state index contributed by atoms with van der Waals surface area (Å²) in [5.41, 5.74) is 4.47. The molecule has 5 fully saturated rings. The number of benzene rings is 3. The van der Waals surface area contributed by atoms with Crippen LogP contribution in [0.25, 0.3) is 10.9 Å². The predicted octanol–water partition coefficient (Wildman–Crippen LogP) is 8.51. The number of nitrogens with one attached hydrogen (secondary N) is 3. The lowest BCUT2D eigenvalue weighted by atomic mass is 9.89. The highest BCUT2D eigenvalue weighted by Crippen LogP contribution is 2.54. The summed E-state index contributed by atoms with van der Waals surface area (Å²) in [7, 11) is -1.20. The van der Waals surface area contributed by atoms with E-state index in [0.29, 0.717) is 112 Å². The lowest BCUT2D eigenvalue weighted by Gasteiger charge is -2.44. The average molecular weight is 1070 g/mol. The van der Waals surface area contributed by atoms with Gasteiger partial charge in [0, 0.05) is 117 Å². The number of halogens is 4. The molecule has 15 nitrogen and oxygen atoms in total. The Bertz CT molecular complexity index is 2970. The number of nitrogens with zero attached hydrogens (tertiary/aromatic N) is 7. The molecule has 0 saturated carbocycles. The Labute approximate surface area is 425 Å². The molecule has 5 aliphatic rings. The van der Waals surface area contributed by atoms with Gasteiger partial charge in [-0.05, 0) is 110 Å². The molecule has 3 aromatic carbocycles. The Morgan fingerprint density at radius 3 is 2.29 bits per heavy atom. The maximum Gasteiger partial charge on any atom is 0.234 e. The third-order valence-corrected chi connectivity index (χ3v) is 19.3. The van der Waals surface area contributed by atoms with Gasteiger partial charge in [-0.25, -0.2) is 18.2 Å². The number of hydrogen-bond acceptors (Lipinski definition) is 13. The molecule has 72 heavy (non-hydrogen) atoms. The number of imide groups is 1. The summed E-state index contributed by atoms with van der Waals surface area (Å²) in [5, 5.41) is 10.1. The summed E-state index contributed by atoms with van der Waals surface area (Å²) in [6, 6.07) is 12.1. The fraction of sp³-hybridized carbons (Fsp3) is 0.462. The lowest BCUT2D eigenvalue weighted by Crippen LogP contribution is -2.55. The first-order chi connectivity index (χ1) is 34.7. The van der Waals surface area contributed by atoms with Gasteiger partial charge in [-0.3, -0.25) is 29.6 Å². The number of hydrogen-bond donors (Lipinski definition) is 3. The Hall–Kier alpha value is -5.78. The normalized spacial score (nSPS) is 20.8. The van der Waals surface area contributed by atoms with Crippen molar-refractivity contribution in [2.24, 2.45) is 5.92 Å². The number of amides is 3. The molecule has 2 aromatic heterocycles. The molecule has 3 amide bonds. The summed E-state index contributed by atoms with van der Waals surface area (Å²) in [4.78, 5) is 60.3. The van der Waals surface area contributed by atoms with Crippen LogP contribution in [0.4, 0.5) is 47.7 Å². The van der Waals surface area contributed by atoms with Crippen molar-refractivity contribution in [3.05, 3.63) is 87.4 Å². The van der Waals surface area contributed by atoms with Gasteiger partial charge in [0.05, 0.1) is 46.0 Å². The van der Waals surface area contributed by atoms with Crippen molar-refractivity contribution in [3.8, 4) is 5.75 Å². The maximum atomic E-state index is 15.3. The van der Waals surface area contributed by atoms with E-state index in [4.69, 9.17) is 9.72 Å². The van der Waals surface area contributed by atoms with Crippen LogP contribution >= 0.6 is 23.1 Å². The fourth-order valence-electron chi connectivity index (χ4n) is 11.4. The van der Waals surface area contributed by atoms with Gasteiger partial charge >= 0.3 is 0 Å². The third kappa shape index (κ3) is 9.88. The Kier molecular flexibility index (Phi) is 14.3. The standard InChI is InChI=1S/C52H59BrF3N10O5P/c1-4-31-23-43(60-52-57-28-37(53)49(62-52)59-42-9-8-41-36(26-38(54)30(2)58-41)48(42)72(70)21-5-6-22-72)45(71-3)27-44(31)64-15-12-33(13-16-64)63-17-19-65(20-18-63)51(69)32-11-14-66(29-32)34-24-39(55)47(40(56)25-34)35-7-10-46(67)61-50(35)68/h8-9,23-28,32-33,35H,4-7,10-22,29H2,1-3H3,(H,61,67,68)(H2,57,59,60,62)/t32-,35?/m1/s1. The molecule has 10 rings (SSSR count). The van der Waals surface area contributed by atoms with Crippen LogP contribution in [0.5, 0.6) is 5.75 Å². The third-order valence-electron chi connectivity index (χ3n) is 15.3. The van der Waals surface area contributed by atoms with Crippen molar-refractivity contribution in [1.29, 1.82) is 0 Å². The van der Waals surface area contributed by atoms with E-state index in [9.17, 15) is 23.3 Å². The van der Waals surface area contributed by atoms with Gasteiger partial charge in [0.1, 0.15) is 36.2 Å². The first kappa shape index (κ1) is 49.8. The molecule has 0 radical (unpaired) electrons. The van der Waals surface area contributed by atoms with Gasteiger partial charge < -0.3 is 34.6 Å². The molecular formula is C52H59BrF3N10O5P. The molecule has 7 heterocycles. The minimum atomic E-state index is -2.84. The number of aryl methyl sites for hydroxylation is 2. The second-order valence-corrected chi connectivity index (χ2v) is 23.6. The molecule has 0 bridgehead atoms. The van der Waals surface area contributed by atoms with Crippen molar-refractivity contribution in [3.63, 3.8) is 0 Å². The van der Waals surface area contributed by atoms with E-state index in [1.165, 1.54) is 18.2 Å². The molecule has 0 spiro atoms. The monoisotopic (exact) mass is 1070 g/mol. The van der Waals surface area contributed by atoms with Gasteiger partial charge in [-0.2, -0.15) is 4.98 Å².